The molecule has 5 rings (SSSR count). The molecule has 0 bridgehead atoms. The van der Waals surface area contributed by atoms with Crippen LogP contribution in [-0.2, 0) is 16.9 Å². The van der Waals surface area contributed by atoms with Crippen LogP contribution in [0.1, 0.15) is 21.5 Å². The molecule has 1 saturated heterocycles. The molecule has 0 spiro atoms. The maximum atomic E-state index is 14.0. The van der Waals surface area contributed by atoms with Gasteiger partial charge in [0.05, 0.1) is 22.7 Å². The van der Waals surface area contributed by atoms with Crippen molar-refractivity contribution in [2.75, 3.05) is 44.7 Å². The molecule has 238 valence electrons. The number of benzene rings is 2. The Morgan fingerprint density at radius 3 is 2.39 bits per heavy atom. The van der Waals surface area contributed by atoms with E-state index in [4.69, 9.17) is 11.6 Å². The predicted molar refractivity (Wildman–Crippen MR) is 162 cm³/mol. The maximum absolute atomic E-state index is 14.0. The van der Waals surface area contributed by atoms with Gasteiger partial charge in [0.15, 0.2) is 0 Å². The highest BCUT2D eigenvalue weighted by molar-refractivity contribution is 6.34. The van der Waals surface area contributed by atoms with Crippen LogP contribution in [0, 0.1) is 11.3 Å². The molecule has 2 aromatic carbocycles. The molecule has 0 aliphatic carbocycles. The van der Waals surface area contributed by atoms with Crippen LogP contribution in [0.4, 0.5) is 19.0 Å². The Kier molecular flexibility index (Phi) is 9.27. The fraction of sp³-hybridized carbons (Fsp3) is 0.290. The van der Waals surface area contributed by atoms with Gasteiger partial charge in [-0.05, 0) is 23.8 Å². The number of anilines is 1. The molecule has 4 aromatic rings. The summed E-state index contributed by atoms with van der Waals surface area (Å²) in [6.07, 6.45) is -0.741. The van der Waals surface area contributed by atoms with E-state index in [0.717, 1.165) is 17.0 Å². The van der Waals surface area contributed by atoms with Gasteiger partial charge in [-0.1, -0.05) is 48.0 Å². The molecule has 2 amide bonds. The molecule has 46 heavy (non-hydrogen) atoms. The second-order valence-electron chi connectivity index (χ2n) is 10.6. The van der Waals surface area contributed by atoms with Crippen molar-refractivity contribution in [2.24, 2.45) is 0 Å². The Hall–Kier alpha value is -5.00. The van der Waals surface area contributed by atoms with E-state index in [2.05, 4.69) is 21.1 Å². The smallest absolute Gasteiger partial charge is 0.369 e. The van der Waals surface area contributed by atoms with Gasteiger partial charge in [0, 0.05) is 57.1 Å². The van der Waals surface area contributed by atoms with Crippen molar-refractivity contribution in [2.45, 2.75) is 18.3 Å². The van der Waals surface area contributed by atoms with Crippen molar-refractivity contribution in [3.05, 3.63) is 95.2 Å². The summed E-state index contributed by atoms with van der Waals surface area (Å²) in [4.78, 5) is 38.6. The van der Waals surface area contributed by atoms with Crippen molar-refractivity contribution in [3.63, 3.8) is 0 Å². The molecule has 11 nitrogen and oxygen atoms in total. The van der Waals surface area contributed by atoms with E-state index in [1.807, 2.05) is 0 Å². The fourth-order valence-corrected chi connectivity index (χ4v) is 5.42. The Balaban J connectivity index is 1.27. The Morgan fingerprint density at radius 2 is 1.78 bits per heavy atom. The lowest BCUT2D eigenvalue weighted by Gasteiger charge is -2.40. The third kappa shape index (κ3) is 6.37. The third-order valence-electron chi connectivity index (χ3n) is 7.78. The molecule has 0 radical (unpaired) electrons. The monoisotopic (exact) mass is 652 g/mol. The number of hydrogen-bond acceptors (Lipinski definition) is 8. The second kappa shape index (κ2) is 13.2. The minimum Gasteiger partial charge on any atom is -0.369 e. The van der Waals surface area contributed by atoms with Gasteiger partial charge < -0.3 is 19.8 Å². The molecule has 1 N–H and O–H groups in total. The average molecular weight is 653 g/mol. The van der Waals surface area contributed by atoms with Crippen LogP contribution in [0.5, 0.6) is 0 Å². The molecule has 1 fully saturated rings. The van der Waals surface area contributed by atoms with Crippen LogP contribution in [0.2, 0.25) is 5.02 Å². The van der Waals surface area contributed by atoms with E-state index in [0.29, 0.717) is 35.6 Å². The number of aliphatic hydroxyl groups is 1. The topological polar surface area (TPSA) is 131 Å². The first kappa shape index (κ1) is 32.4. The lowest BCUT2D eigenvalue weighted by Crippen LogP contribution is -2.59. The standard InChI is InChI=1S/C31H28ClF3N8O3/c1-40(9-14-43-20-37-19-39-43)28(44)25-8-7-21(16-26(25)32)23-15-22(17-36)27(38-18-23)41-10-12-42(13-11-41)29(45)30(46,31(33,34)35)24-5-3-2-4-6-24/h2-8,15-16,18-20,46H,9-14H2,1H3/t30-/m1/s1. The molecule has 1 aliphatic heterocycles. The first-order chi connectivity index (χ1) is 21.9. The van der Waals surface area contributed by atoms with Gasteiger partial charge in [-0.25, -0.2) is 9.97 Å². The van der Waals surface area contributed by atoms with Gasteiger partial charge in [-0.15, -0.1) is 0 Å². The zero-order valence-corrected chi connectivity index (χ0v) is 25.3. The number of hydrogen-bond donors (Lipinski definition) is 1. The first-order valence-electron chi connectivity index (χ1n) is 14.1. The van der Waals surface area contributed by atoms with E-state index >= 15 is 0 Å². The number of carbonyl (C=O) groups is 2. The van der Waals surface area contributed by atoms with Crippen LogP contribution in [0.25, 0.3) is 11.1 Å². The van der Waals surface area contributed by atoms with E-state index in [1.54, 1.807) is 47.2 Å². The van der Waals surface area contributed by atoms with Gasteiger partial charge in [-0.2, -0.15) is 23.5 Å². The van der Waals surface area contributed by atoms with Gasteiger partial charge in [0.2, 0.25) is 0 Å². The maximum Gasteiger partial charge on any atom is 0.430 e. The molecular weight excluding hydrogens is 625 g/mol. The molecule has 0 unspecified atom stereocenters. The number of piperazine rings is 1. The molecule has 1 atom stereocenters. The number of aromatic nitrogens is 4. The number of carbonyl (C=O) groups excluding carboxylic acids is 2. The van der Waals surface area contributed by atoms with Crippen LogP contribution >= 0.6 is 11.6 Å². The highest BCUT2D eigenvalue weighted by Gasteiger charge is 2.62. The number of halogens is 4. The lowest BCUT2D eigenvalue weighted by molar-refractivity contribution is -0.262. The number of amides is 2. The minimum absolute atomic E-state index is 0.0859. The summed E-state index contributed by atoms with van der Waals surface area (Å²) in [6, 6.07) is 14.9. The molecule has 2 aromatic heterocycles. The number of pyridine rings is 1. The van der Waals surface area contributed by atoms with E-state index in [-0.39, 0.29) is 42.7 Å². The Bertz CT molecular complexity index is 1760. The summed E-state index contributed by atoms with van der Waals surface area (Å²) in [7, 11) is 1.65. The summed E-state index contributed by atoms with van der Waals surface area (Å²) in [5.41, 5.74) is -2.57. The van der Waals surface area contributed by atoms with E-state index in [1.165, 1.54) is 35.6 Å². The van der Waals surface area contributed by atoms with Crippen LogP contribution in [0.15, 0.2) is 73.4 Å². The normalized spacial score (nSPS) is 14.8. The van der Waals surface area contributed by atoms with E-state index in [9.17, 15) is 33.1 Å². The van der Waals surface area contributed by atoms with Crippen molar-refractivity contribution < 1.29 is 27.9 Å². The van der Waals surface area contributed by atoms with Crippen molar-refractivity contribution in [1.29, 1.82) is 5.26 Å². The number of likely N-dealkylation sites (N-methyl/N-ethyl adjacent to an activating group) is 1. The quantitative estimate of drug-likeness (QED) is 0.305. The zero-order valence-electron chi connectivity index (χ0n) is 24.5. The third-order valence-corrected chi connectivity index (χ3v) is 8.09. The molecule has 3 heterocycles. The van der Waals surface area contributed by atoms with Crippen LogP contribution in [0.3, 0.4) is 0 Å². The number of alkyl halides is 3. The summed E-state index contributed by atoms with van der Waals surface area (Å²) in [5, 5.41) is 24.8. The Labute approximate surface area is 267 Å². The fourth-order valence-electron chi connectivity index (χ4n) is 5.16. The zero-order chi connectivity index (χ0) is 33.1. The molecule has 0 saturated carbocycles. The Morgan fingerprint density at radius 1 is 1.07 bits per heavy atom. The summed E-state index contributed by atoms with van der Waals surface area (Å²) < 4.78 is 43.7. The first-order valence-corrected chi connectivity index (χ1v) is 14.5. The average Bonchev–Trinajstić information content (AvgIpc) is 3.59. The summed E-state index contributed by atoms with van der Waals surface area (Å²) in [6.45, 7) is 0.760. The van der Waals surface area contributed by atoms with Crippen molar-refractivity contribution >= 4 is 29.2 Å². The summed E-state index contributed by atoms with van der Waals surface area (Å²) >= 11 is 6.49. The van der Waals surface area contributed by atoms with Gasteiger partial charge in [-0.3, -0.25) is 14.3 Å². The molecular formula is C31H28ClF3N8O3. The van der Waals surface area contributed by atoms with E-state index < -0.39 is 23.2 Å². The number of nitrogens with zero attached hydrogens (tertiary/aromatic N) is 8. The van der Waals surface area contributed by atoms with Crippen molar-refractivity contribution in [1.82, 2.24) is 29.5 Å². The minimum atomic E-state index is -5.24. The highest BCUT2D eigenvalue weighted by Crippen LogP contribution is 2.41. The van der Waals surface area contributed by atoms with Gasteiger partial charge >= 0.3 is 6.18 Å². The largest absolute Gasteiger partial charge is 0.430 e. The van der Waals surface area contributed by atoms with Gasteiger partial charge in [0.1, 0.15) is 24.5 Å². The van der Waals surface area contributed by atoms with Crippen LogP contribution in [-0.4, -0.2) is 92.4 Å². The summed E-state index contributed by atoms with van der Waals surface area (Å²) in [5.74, 6) is -1.44. The second-order valence-corrected chi connectivity index (χ2v) is 11.0. The SMILES string of the molecule is CN(CCn1cncn1)C(=O)c1ccc(-c2cnc(N3CCN(C(=O)[C@](O)(c4ccccc4)C(F)(F)F)CC3)c(C#N)c2)cc1Cl. The van der Waals surface area contributed by atoms with Gasteiger partial charge in [0.25, 0.3) is 17.4 Å². The highest BCUT2D eigenvalue weighted by atomic mass is 35.5. The van der Waals surface area contributed by atoms with Crippen LogP contribution < -0.4 is 4.90 Å². The number of nitriles is 1. The molecule has 15 heteroatoms. The molecule has 1 aliphatic rings. The number of rotatable bonds is 8. The predicted octanol–water partition coefficient (Wildman–Crippen LogP) is 3.74. The van der Waals surface area contributed by atoms with Crippen molar-refractivity contribution in [3.8, 4) is 17.2 Å². The lowest BCUT2D eigenvalue weighted by atomic mass is 9.91.